The van der Waals surface area contributed by atoms with Gasteiger partial charge in [-0.1, -0.05) is 65.8 Å². The molecular weight excluding hydrogens is 498 g/mol. The summed E-state index contributed by atoms with van der Waals surface area (Å²) < 4.78 is 11.1. The molecule has 3 heterocycles. The summed E-state index contributed by atoms with van der Waals surface area (Å²) >= 11 is 7.63. The summed E-state index contributed by atoms with van der Waals surface area (Å²) in [6.07, 6.45) is 0.210. The number of ether oxygens (including phenoxy) is 2. The maximum absolute atomic E-state index is 13.5. The molecule has 1 atom stereocenters. The van der Waals surface area contributed by atoms with E-state index in [9.17, 15) is 9.59 Å². The van der Waals surface area contributed by atoms with Crippen LogP contribution in [0.2, 0.25) is 5.02 Å². The van der Waals surface area contributed by atoms with Crippen LogP contribution in [0.3, 0.4) is 0 Å². The zero-order valence-electron chi connectivity index (χ0n) is 19.9. The zero-order chi connectivity index (χ0) is 25.1. The van der Waals surface area contributed by atoms with E-state index in [1.165, 1.54) is 11.8 Å². The van der Waals surface area contributed by atoms with E-state index in [0.29, 0.717) is 42.6 Å². The average Bonchev–Trinajstić information content (AvgIpc) is 3.30. The number of hydrogen-bond donors (Lipinski definition) is 0. The van der Waals surface area contributed by atoms with Gasteiger partial charge in [0.05, 0.1) is 36.9 Å². The lowest BCUT2D eigenvalue weighted by molar-refractivity contribution is -0.141. The molecule has 1 saturated heterocycles. The lowest BCUT2D eigenvalue weighted by Crippen LogP contribution is -2.42. The number of morpholine rings is 1. The second-order valence-corrected chi connectivity index (χ2v) is 9.95. The summed E-state index contributed by atoms with van der Waals surface area (Å²) in [6, 6.07) is 16.5. The molecule has 3 aliphatic rings. The van der Waals surface area contributed by atoms with E-state index in [2.05, 4.69) is 0 Å². The number of benzene rings is 2. The maximum Gasteiger partial charge on any atom is 0.338 e. The normalized spacial score (nSPS) is 19.6. The Hall–Kier alpha value is -3.07. The number of rotatable bonds is 6. The Morgan fingerprint density at radius 1 is 1.11 bits per heavy atom. The summed E-state index contributed by atoms with van der Waals surface area (Å²) in [5.74, 6) is -0.407. The van der Waals surface area contributed by atoms with Crippen molar-refractivity contribution in [2.24, 2.45) is 4.99 Å². The van der Waals surface area contributed by atoms with E-state index < -0.39 is 12.0 Å². The van der Waals surface area contributed by atoms with Crippen molar-refractivity contribution >= 4 is 40.4 Å². The van der Waals surface area contributed by atoms with Gasteiger partial charge in [-0.25, -0.2) is 9.79 Å². The Bertz CT molecular complexity index is 1240. The molecule has 9 heteroatoms. The molecule has 0 saturated carbocycles. The summed E-state index contributed by atoms with van der Waals surface area (Å²) in [4.78, 5) is 35.1. The fourth-order valence-electron chi connectivity index (χ4n) is 4.47. The SMILES string of the molecule is CC1=C(C(=O)OCc2ccccc2)[C@@H](c2ccc(Cl)cc2)N2C(CC(=O)N3CCOCC3)=CSC2=N1. The van der Waals surface area contributed by atoms with Crippen molar-refractivity contribution in [3.63, 3.8) is 0 Å². The van der Waals surface area contributed by atoms with Crippen molar-refractivity contribution in [2.45, 2.75) is 26.0 Å². The average molecular weight is 524 g/mol. The fraction of sp³-hybridized carbons (Fsp3) is 0.296. The predicted octanol–water partition coefficient (Wildman–Crippen LogP) is 4.91. The van der Waals surface area contributed by atoms with E-state index in [1.807, 2.05) is 64.6 Å². The summed E-state index contributed by atoms with van der Waals surface area (Å²) in [6.45, 7) is 4.23. The van der Waals surface area contributed by atoms with E-state index in [4.69, 9.17) is 26.1 Å². The molecular formula is C27H26ClN3O4S. The lowest BCUT2D eigenvalue weighted by Gasteiger charge is -2.37. The minimum atomic E-state index is -0.489. The van der Waals surface area contributed by atoms with Crippen LogP contribution in [-0.2, 0) is 25.7 Å². The van der Waals surface area contributed by atoms with Gasteiger partial charge in [-0.05, 0) is 35.6 Å². The highest BCUT2D eigenvalue weighted by atomic mass is 35.5. The van der Waals surface area contributed by atoms with Crippen LogP contribution >= 0.6 is 23.4 Å². The van der Waals surface area contributed by atoms with E-state index in [-0.39, 0.29) is 18.9 Å². The Balaban J connectivity index is 1.45. The quantitative estimate of drug-likeness (QED) is 0.501. The number of aliphatic imine (C=N–C) groups is 1. The first-order chi connectivity index (χ1) is 17.5. The van der Waals surface area contributed by atoms with Crippen LogP contribution in [0.15, 0.2) is 82.0 Å². The maximum atomic E-state index is 13.5. The van der Waals surface area contributed by atoms with Crippen LogP contribution in [0.5, 0.6) is 0 Å². The first kappa shape index (κ1) is 24.6. The molecule has 0 spiro atoms. The Morgan fingerprint density at radius 3 is 2.56 bits per heavy atom. The molecule has 2 aromatic carbocycles. The van der Waals surface area contributed by atoms with Crippen molar-refractivity contribution in [3.8, 4) is 0 Å². The van der Waals surface area contributed by atoms with Crippen molar-refractivity contribution in [3.05, 3.63) is 93.1 Å². The van der Waals surface area contributed by atoms with Gasteiger partial charge in [0, 0.05) is 23.8 Å². The van der Waals surface area contributed by atoms with Crippen LogP contribution in [0.1, 0.15) is 30.5 Å². The Labute approximate surface area is 219 Å². The van der Waals surface area contributed by atoms with Crippen molar-refractivity contribution in [1.82, 2.24) is 9.80 Å². The molecule has 0 aromatic heterocycles. The van der Waals surface area contributed by atoms with Crippen LogP contribution in [0.4, 0.5) is 0 Å². The van der Waals surface area contributed by atoms with Gasteiger partial charge in [-0.3, -0.25) is 4.79 Å². The molecule has 1 amide bonds. The largest absolute Gasteiger partial charge is 0.457 e. The first-order valence-corrected chi connectivity index (χ1v) is 13.0. The van der Waals surface area contributed by atoms with Gasteiger partial charge < -0.3 is 19.3 Å². The second-order valence-electron chi connectivity index (χ2n) is 8.68. The van der Waals surface area contributed by atoms with E-state index >= 15 is 0 Å². The van der Waals surface area contributed by atoms with Gasteiger partial charge in [-0.2, -0.15) is 0 Å². The molecule has 0 unspecified atom stereocenters. The molecule has 0 bridgehead atoms. The third-order valence-corrected chi connectivity index (χ3v) is 7.46. The number of halogens is 1. The van der Waals surface area contributed by atoms with E-state index in [0.717, 1.165) is 22.0 Å². The standard InChI is InChI=1S/C27H26ClN3O4S/c1-18-24(26(33)35-16-19-5-3-2-4-6-19)25(20-7-9-21(28)10-8-20)31-22(17-36-27(31)29-18)15-23(32)30-11-13-34-14-12-30/h2-10,17,25H,11-16H2,1H3/t25-/m1/s1. The van der Waals surface area contributed by atoms with E-state index in [1.54, 1.807) is 12.1 Å². The highest BCUT2D eigenvalue weighted by Gasteiger charge is 2.41. The summed E-state index contributed by atoms with van der Waals surface area (Å²) in [5.41, 5.74) is 3.62. The molecule has 0 radical (unpaired) electrons. The van der Waals surface area contributed by atoms with Crippen LogP contribution in [-0.4, -0.2) is 53.1 Å². The number of esters is 1. The van der Waals surface area contributed by atoms with Gasteiger partial charge in [0.1, 0.15) is 6.61 Å². The number of fused-ring (bicyclic) bond motifs is 1. The minimum Gasteiger partial charge on any atom is -0.457 e. The number of allylic oxidation sites excluding steroid dienone is 1. The number of amidine groups is 1. The van der Waals surface area contributed by atoms with Crippen molar-refractivity contribution < 1.29 is 19.1 Å². The van der Waals surface area contributed by atoms with Crippen molar-refractivity contribution in [2.75, 3.05) is 26.3 Å². The summed E-state index contributed by atoms with van der Waals surface area (Å²) in [7, 11) is 0. The summed E-state index contributed by atoms with van der Waals surface area (Å²) in [5, 5.41) is 3.29. The number of hydrogen-bond acceptors (Lipinski definition) is 7. The second kappa shape index (κ2) is 10.9. The molecule has 7 nitrogen and oxygen atoms in total. The molecule has 2 aromatic rings. The van der Waals surface area contributed by atoms with Crippen molar-refractivity contribution in [1.29, 1.82) is 0 Å². The number of carbonyl (C=O) groups excluding carboxylic acids is 2. The number of carbonyl (C=O) groups is 2. The first-order valence-electron chi connectivity index (χ1n) is 11.8. The smallest absolute Gasteiger partial charge is 0.338 e. The molecule has 3 aliphatic heterocycles. The molecule has 1 fully saturated rings. The van der Waals surface area contributed by atoms with Gasteiger partial charge in [0.2, 0.25) is 5.91 Å². The minimum absolute atomic E-state index is 0.0285. The molecule has 5 rings (SSSR count). The monoisotopic (exact) mass is 523 g/mol. The molecule has 0 N–H and O–H groups in total. The van der Waals surface area contributed by atoms with Crippen LogP contribution < -0.4 is 0 Å². The fourth-order valence-corrected chi connectivity index (χ4v) is 5.56. The highest BCUT2D eigenvalue weighted by Crippen LogP contribution is 2.45. The molecule has 0 aliphatic carbocycles. The molecule has 36 heavy (non-hydrogen) atoms. The number of amides is 1. The van der Waals surface area contributed by atoms with Crippen LogP contribution in [0.25, 0.3) is 0 Å². The topological polar surface area (TPSA) is 71.4 Å². The predicted molar refractivity (Wildman–Crippen MR) is 140 cm³/mol. The third-order valence-electron chi connectivity index (χ3n) is 6.32. The number of thioether (sulfide) groups is 1. The van der Waals surface area contributed by atoms with Gasteiger partial charge in [-0.15, -0.1) is 0 Å². The highest BCUT2D eigenvalue weighted by molar-refractivity contribution is 8.16. The third kappa shape index (κ3) is 5.21. The molecule has 186 valence electrons. The van der Waals surface area contributed by atoms with Gasteiger partial charge >= 0.3 is 5.97 Å². The number of nitrogens with zero attached hydrogens (tertiary/aromatic N) is 3. The van der Waals surface area contributed by atoms with Crippen LogP contribution in [0, 0.1) is 0 Å². The zero-order valence-corrected chi connectivity index (χ0v) is 21.4. The Kier molecular flexibility index (Phi) is 7.46. The van der Waals surface area contributed by atoms with Gasteiger partial charge in [0.15, 0.2) is 5.17 Å². The van der Waals surface area contributed by atoms with Gasteiger partial charge in [0.25, 0.3) is 0 Å². The Morgan fingerprint density at radius 2 is 1.83 bits per heavy atom. The lowest BCUT2D eigenvalue weighted by atomic mass is 9.94.